The van der Waals surface area contributed by atoms with E-state index < -0.39 is 64.5 Å². The number of halogens is 3. The lowest BCUT2D eigenvalue weighted by atomic mass is 9.97. The predicted octanol–water partition coefficient (Wildman–Crippen LogP) is 0.814. The van der Waals surface area contributed by atoms with Crippen LogP contribution in [0.5, 0.6) is 0 Å². The third-order valence-electron chi connectivity index (χ3n) is 4.53. The van der Waals surface area contributed by atoms with E-state index in [1.54, 1.807) is 6.07 Å². The lowest BCUT2D eigenvalue weighted by Crippen LogP contribution is -2.43. The first kappa shape index (κ1) is 23.7. The van der Waals surface area contributed by atoms with Crippen molar-refractivity contribution in [3.8, 4) is 0 Å². The predicted molar refractivity (Wildman–Crippen MR) is 101 cm³/mol. The second-order valence-electron chi connectivity index (χ2n) is 6.88. The Hall–Kier alpha value is -2.97. The van der Waals surface area contributed by atoms with Crippen LogP contribution in [0.3, 0.4) is 0 Å². The highest BCUT2D eigenvalue weighted by Crippen LogP contribution is 2.45. The van der Waals surface area contributed by atoms with Gasteiger partial charge in [-0.1, -0.05) is 18.2 Å². The summed E-state index contributed by atoms with van der Waals surface area (Å²) < 4.78 is 80.5. The van der Waals surface area contributed by atoms with Crippen molar-refractivity contribution >= 4 is 16.1 Å². The Bertz CT molecular complexity index is 1190. The van der Waals surface area contributed by atoms with Crippen LogP contribution >= 0.6 is 0 Å². The van der Waals surface area contributed by atoms with Gasteiger partial charge >= 0.3 is 17.8 Å². The molecular weight excluding hydrogens is 461 g/mol. The van der Waals surface area contributed by atoms with Gasteiger partial charge < -0.3 is 9.47 Å². The molecule has 3 rings (SSSR count). The van der Waals surface area contributed by atoms with Gasteiger partial charge in [-0.25, -0.2) is 9.59 Å². The minimum atomic E-state index is -5.06. The zero-order valence-corrected chi connectivity index (χ0v) is 17.1. The molecule has 1 aromatic carbocycles. The highest BCUT2D eigenvalue weighted by molar-refractivity contribution is 7.86. The quantitative estimate of drug-likeness (QED) is 0.476. The average Bonchev–Trinajstić information content (AvgIpc) is 3.03. The maximum atomic E-state index is 13.9. The van der Waals surface area contributed by atoms with Crippen LogP contribution in [0, 0.1) is 5.92 Å². The van der Waals surface area contributed by atoms with Crippen LogP contribution in [-0.4, -0.2) is 55.2 Å². The van der Waals surface area contributed by atoms with Gasteiger partial charge in [-0.3, -0.25) is 18.5 Å². The highest BCUT2D eigenvalue weighted by atomic mass is 32.2. The van der Waals surface area contributed by atoms with Gasteiger partial charge in [0.25, 0.3) is 15.7 Å². The molecule has 0 radical (unpaired) electrons. The Labute approximate surface area is 178 Å². The number of benzene rings is 1. The van der Waals surface area contributed by atoms with Crippen molar-refractivity contribution < 1.29 is 40.0 Å². The van der Waals surface area contributed by atoms with Crippen LogP contribution in [0.25, 0.3) is 0 Å². The fraction of sp³-hybridized carbons (Fsp3) is 0.389. The van der Waals surface area contributed by atoms with E-state index in [9.17, 15) is 36.0 Å². The lowest BCUT2D eigenvalue weighted by molar-refractivity contribution is -0.202. The number of carbonyl (C=O) groups excluding carboxylic acids is 1. The molecule has 32 heavy (non-hydrogen) atoms. The number of hydrogen-bond donors (Lipinski definition) is 1. The third-order valence-corrected chi connectivity index (χ3v) is 5.10. The summed E-state index contributed by atoms with van der Waals surface area (Å²) in [6.45, 7) is -0.907. The maximum Gasteiger partial charge on any atom is 0.397 e. The number of nitrogens with zero attached hydrogens (tertiary/aromatic N) is 1. The summed E-state index contributed by atoms with van der Waals surface area (Å²) in [5, 5.41) is 0. The van der Waals surface area contributed by atoms with Crippen LogP contribution < -0.4 is 11.2 Å². The SMILES string of the molecule is CS(=O)(=O)O[C@@H]1[C@H](C(F)(F)F)[C@@H](COC(=O)c2ccccc2)O[C@H]1n1ccc(=O)[nH]c1=O. The Morgan fingerprint density at radius 2 is 1.84 bits per heavy atom. The van der Waals surface area contributed by atoms with Gasteiger partial charge in [0.05, 0.1) is 11.8 Å². The first-order valence-corrected chi connectivity index (χ1v) is 10.8. The number of ether oxygens (including phenoxy) is 2. The van der Waals surface area contributed by atoms with Crippen LogP contribution in [0.15, 0.2) is 52.2 Å². The number of H-pyrrole nitrogens is 1. The van der Waals surface area contributed by atoms with Gasteiger partial charge in [-0.05, 0) is 12.1 Å². The zero-order valence-electron chi connectivity index (χ0n) is 16.3. The molecule has 1 aliphatic heterocycles. The van der Waals surface area contributed by atoms with Crippen molar-refractivity contribution in [3.05, 3.63) is 69.0 Å². The van der Waals surface area contributed by atoms with Crippen molar-refractivity contribution in [2.75, 3.05) is 12.9 Å². The van der Waals surface area contributed by atoms with E-state index >= 15 is 0 Å². The van der Waals surface area contributed by atoms with Gasteiger partial charge in [-0.2, -0.15) is 21.6 Å². The molecular formula is C18H17F3N2O8S. The third kappa shape index (κ3) is 5.44. The number of alkyl halides is 3. The summed E-state index contributed by atoms with van der Waals surface area (Å²) in [6.07, 6.45) is -9.69. The van der Waals surface area contributed by atoms with Gasteiger partial charge in [0.15, 0.2) is 6.23 Å². The molecule has 0 unspecified atom stereocenters. The van der Waals surface area contributed by atoms with Crippen molar-refractivity contribution in [2.24, 2.45) is 5.92 Å². The first-order valence-electron chi connectivity index (χ1n) is 9.01. The summed E-state index contributed by atoms with van der Waals surface area (Å²) in [4.78, 5) is 37.4. The number of nitrogens with one attached hydrogen (secondary N) is 1. The summed E-state index contributed by atoms with van der Waals surface area (Å²) in [5.74, 6) is -3.51. The van der Waals surface area contributed by atoms with E-state index in [0.717, 1.165) is 12.3 Å². The number of aromatic nitrogens is 2. The molecule has 0 amide bonds. The van der Waals surface area contributed by atoms with Crippen molar-refractivity contribution in [1.29, 1.82) is 0 Å². The highest BCUT2D eigenvalue weighted by Gasteiger charge is 2.60. The second kappa shape index (κ2) is 8.88. The molecule has 174 valence electrons. The lowest BCUT2D eigenvalue weighted by Gasteiger charge is -2.25. The molecule has 0 saturated carbocycles. The minimum absolute atomic E-state index is 0.0754. The monoisotopic (exact) mass is 478 g/mol. The fourth-order valence-electron chi connectivity index (χ4n) is 3.25. The van der Waals surface area contributed by atoms with E-state index in [4.69, 9.17) is 9.47 Å². The molecule has 1 aliphatic rings. The number of esters is 1. The summed E-state index contributed by atoms with van der Waals surface area (Å²) in [6, 6.07) is 8.28. The summed E-state index contributed by atoms with van der Waals surface area (Å²) in [5.41, 5.74) is -1.90. The van der Waals surface area contributed by atoms with Crippen molar-refractivity contribution in [3.63, 3.8) is 0 Å². The summed E-state index contributed by atoms with van der Waals surface area (Å²) >= 11 is 0. The molecule has 4 atom stereocenters. The van der Waals surface area contributed by atoms with Crippen LogP contribution in [-0.2, 0) is 23.8 Å². The van der Waals surface area contributed by atoms with E-state index in [0.29, 0.717) is 10.8 Å². The number of aromatic amines is 1. The smallest absolute Gasteiger partial charge is 0.397 e. The maximum absolute atomic E-state index is 13.9. The Morgan fingerprint density at radius 1 is 1.19 bits per heavy atom. The number of carbonyl (C=O) groups is 1. The summed E-state index contributed by atoms with van der Waals surface area (Å²) in [7, 11) is -4.44. The van der Waals surface area contributed by atoms with Gasteiger partial charge in [0.2, 0.25) is 0 Å². The zero-order chi connectivity index (χ0) is 23.7. The van der Waals surface area contributed by atoms with Crippen LogP contribution in [0.4, 0.5) is 13.2 Å². The Morgan fingerprint density at radius 3 is 2.41 bits per heavy atom. The Balaban J connectivity index is 1.96. The van der Waals surface area contributed by atoms with Gasteiger partial charge in [0, 0.05) is 12.3 Å². The molecule has 2 heterocycles. The molecule has 0 aliphatic carbocycles. The van der Waals surface area contributed by atoms with Crippen LogP contribution in [0.1, 0.15) is 16.6 Å². The van der Waals surface area contributed by atoms with Gasteiger partial charge in [0.1, 0.15) is 24.7 Å². The van der Waals surface area contributed by atoms with Crippen LogP contribution in [0.2, 0.25) is 0 Å². The molecule has 2 aromatic rings. The fourth-order valence-corrected chi connectivity index (χ4v) is 3.86. The van der Waals surface area contributed by atoms with Crippen molar-refractivity contribution in [1.82, 2.24) is 9.55 Å². The minimum Gasteiger partial charge on any atom is -0.459 e. The van der Waals surface area contributed by atoms with E-state index in [-0.39, 0.29) is 5.56 Å². The van der Waals surface area contributed by atoms with Crippen molar-refractivity contribution in [2.45, 2.75) is 24.6 Å². The molecule has 1 saturated heterocycles. The van der Waals surface area contributed by atoms with E-state index in [1.807, 2.05) is 4.98 Å². The topological polar surface area (TPSA) is 134 Å². The Kier molecular flexibility index (Phi) is 6.57. The molecule has 1 N–H and O–H groups in total. The van der Waals surface area contributed by atoms with E-state index in [1.165, 1.54) is 24.3 Å². The van der Waals surface area contributed by atoms with E-state index in [2.05, 4.69) is 4.18 Å². The molecule has 1 fully saturated rings. The molecule has 14 heteroatoms. The molecule has 0 bridgehead atoms. The normalized spacial score (nSPS) is 23.8. The van der Waals surface area contributed by atoms with Gasteiger partial charge in [-0.15, -0.1) is 0 Å². The largest absolute Gasteiger partial charge is 0.459 e. The average molecular weight is 478 g/mol. The number of rotatable bonds is 6. The molecule has 0 spiro atoms. The second-order valence-corrected chi connectivity index (χ2v) is 8.48. The standard InChI is InChI=1S/C18H17F3N2O8S/c1-32(27,28)31-14-13(18(19,20)21)11(9-29-16(25)10-5-3-2-4-6-10)30-15(14)23-8-7-12(24)22-17(23)26/h2-8,11,13-15H,9H2,1H3,(H,22,24,26)/t11-,13-,14-,15-/m1/s1. The first-order chi connectivity index (χ1) is 14.9. The molecule has 10 nitrogen and oxygen atoms in total. The number of hydrogen-bond acceptors (Lipinski definition) is 8. The molecule has 1 aromatic heterocycles.